The lowest BCUT2D eigenvalue weighted by Crippen LogP contribution is -2.14. The largest absolute Gasteiger partial charge is 0.462 e. The maximum Gasteiger partial charge on any atom is 0.276 e. The summed E-state index contributed by atoms with van der Waals surface area (Å²) in [6.45, 7) is 1.87. The van der Waals surface area contributed by atoms with E-state index in [9.17, 15) is 4.79 Å². The topological polar surface area (TPSA) is 73.0 Å². The SMILES string of the molecule is Cc1cc(NC(=O)c2csc(-c3ccco3)n2)n(C)n1. The van der Waals surface area contributed by atoms with Gasteiger partial charge in [-0.3, -0.25) is 9.48 Å². The minimum Gasteiger partial charge on any atom is -0.462 e. The van der Waals surface area contributed by atoms with Crippen LogP contribution in [-0.4, -0.2) is 20.7 Å². The minimum absolute atomic E-state index is 0.262. The number of hydrogen-bond acceptors (Lipinski definition) is 5. The lowest BCUT2D eigenvalue weighted by atomic mass is 10.4. The van der Waals surface area contributed by atoms with Crippen molar-refractivity contribution >= 4 is 23.1 Å². The van der Waals surface area contributed by atoms with E-state index >= 15 is 0 Å². The van der Waals surface area contributed by atoms with Crippen LogP contribution in [0.15, 0.2) is 34.3 Å². The summed E-state index contributed by atoms with van der Waals surface area (Å²) in [6, 6.07) is 5.40. The van der Waals surface area contributed by atoms with Crippen molar-refractivity contribution in [2.75, 3.05) is 5.32 Å². The third kappa shape index (κ3) is 2.35. The van der Waals surface area contributed by atoms with Crippen LogP contribution in [0.1, 0.15) is 16.2 Å². The fourth-order valence-corrected chi connectivity index (χ4v) is 2.57. The summed E-state index contributed by atoms with van der Waals surface area (Å²) in [5.41, 5.74) is 1.21. The fourth-order valence-electron chi connectivity index (χ4n) is 1.80. The lowest BCUT2D eigenvalue weighted by Gasteiger charge is -2.02. The lowest BCUT2D eigenvalue weighted by molar-refractivity contribution is 0.102. The molecule has 0 radical (unpaired) electrons. The van der Waals surface area contributed by atoms with Crippen LogP contribution in [0.3, 0.4) is 0 Å². The van der Waals surface area contributed by atoms with Crippen molar-refractivity contribution < 1.29 is 9.21 Å². The number of nitrogens with zero attached hydrogens (tertiary/aromatic N) is 3. The number of rotatable bonds is 3. The second kappa shape index (κ2) is 4.93. The van der Waals surface area contributed by atoms with Gasteiger partial charge in [-0.05, 0) is 19.1 Å². The Bertz CT molecular complexity index is 742. The molecular formula is C13H12N4O2S. The molecule has 20 heavy (non-hydrogen) atoms. The average molecular weight is 288 g/mol. The number of aromatic nitrogens is 3. The van der Waals surface area contributed by atoms with Crippen LogP contribution in [-0.2, 0) is 7.05 Å². The van der Waals surface area contributed by atoms with Gasteiger partial charge in [-0.15, -0.1) is 11.3 Å². The van der Waals surface area contributed by atoms with Gasteiger partial charge < -0.3 is 9.73 Å². The van der Waals surface area contributed by atoms with E-state index in [1.165, 1.54) is 11.3 Å². The zero-order chi connectivity index (χ0) is 14.1. The molecule has 102 valence electrons. The number of furan rings is 1. The second-order valence-corrected chi connectivity index (χ2v) is 5.12. The van der Waals surface area contributed by atoms with Crippen LogP contribution in [0.25, 0.3) is 10.8 Å². The number of carbonyl (C=O) groups excluding carboxylic acids is 1. The van der Waals surface area contributed by atoms with Crippen molar-refractivity contribution in [3.63, 3.8) is 0 Å². The van der Waals surface area contributed by atoms with Crippen molar-refractivity contribution in [3.05, 3.63) is 41.2 Å². The highest BCUT2D eigenvalue weighted by Gasteiger charge is 2.14. The Morgan fingerprint density at radius 3 is 3.00 bits per heavy atom. The number of anilines is 1. The molecule has 0 aromatic carbocycles. The molecule has 0 unspecified atom stereocenters. The molecular weight excluding hydrogens is 276 g/mol. The van der Waals surface area contributed by atoms with Crippen LogP contribution >= 0.6 is 11.3 Å². The molecule has 7 heteroatoms. The van der Waals surface area contributed by atoms with Crippen LogP contribution < -0.4 is 5.32 Å². The summed E-state index contributed by atoms with van der Waals surface area (Å²) < 4.78 is 6.87. The molecule has 1 amide bonds. The van der Waals surface area contributed by atoms with Crippen molar-refractivity contribution in [3.8, 4) is 10.8 Å². The first-order valence-electron chi connectivity index (χ1n) is 5.95. The molecule has 3 rings (SSSR count). The van der Waals surface area contributed by atoms with E-state index in [1.54, 1.807) is 35.5 Å². The summed E-state index contributed by atoms with van der Waals surface area (Å²) in [7, 11) is 1.78. The molecule has 0 fully saturated rings. The molecule has 6 nitrogen and oxygen atoms in total. The Kier molecular flexibility index (Phi) is 3.11. The first-order valence-corrected chi connectivity index (χ1v) is 6.83. The van der Waals surface area contributed by atoms with Gasteiger partial charge in [0.25, 0.3) is 5.91 Å². The van der Waals surface area contributed by atoms with Crippen LogP contribution in [0.5, 0.6) is 0 Å². The first kappa shape index (κ1) is 12.6. The van der Waals surface area contributed by atoms with Crippen molar-refractivity contribution in [2.24, 2.45) is 7.05 Å². The van der Waals surface area contributed by atoms with Gasteiger partial charge in [-0.1, -0.05) is 0 Å². The van der Waals surface area contributed by atoms with Gasteiger partial charge >= 0.3 is 0 Å². The highest BCUT2D eigenvalue weighted by molar-refractivity contribution is 7.13. The first-order chi connectivity index (χ1) is 9.63. The quantitative estimate of drug-likeness (QED) is 0.804. The predicted octanol–water partition coefficient (Wildman–Crippen LogP) is 2.70. The highest BCUT2D eigenvalue weighted by Crippen LogP contribution is 2.24. The average Bonchev–Trinajstić information content (AvgIpc) is 3.11. The Morgan fingerprint density at radius 2 is 2.35 bits per heavy atom. The van der Waals surface area contributed by atoms with Gasteiger partial charge in [0.05, 0.1) is 12.0 Å². The summed E-state index contributed by atoms with van der Waals surface area (Å²) in [6.07, 6.45) is 1.58. The van der Waals surface area contributed by atoms with Gasteiger partial charge in [0.15, 0.2) is 10.8 Å². The Labute approximate surface area is 119 Å². The molecule has 3 heterocycles. The summed E-state index contributed by atoms with van der Waals surface area (Å²) >= 11 is 1.37. The number of amides is 1. The van der Waals surface area contributed by atoms with Gasteiger partial charge in [0, 0.05) is 18.5 Å². The second-order valence-electron chi connectivity index (χ2n) is 4.26. The van der Waals surface area contributed by atoms with Crippen LogP contribution in [0, 0.1) is 6.92 Å². The number of nitrogens with one attached hydrogen (secondary N) is 1. The van der Waals surface area contributed by atoms with E-state index in [-0.39, 0.29) is 5.91 Å². The van der Waals surface area contributed by atoms with Crippen LogP contribution in [0.4, 0.5) is 5.82 Å². The van der Waals surface area contributed by atoms with Crippen molar-refractivity contribution in [2.45, 2.75) is 6.92 Å². The molecule has 1 N–H and O–H groups in total. The third-order valence-corrected chi connectivity index (χ3v) is 3.57. The van der Waals surface area contributed by atoms with Gasteiger partial charge in [0.2, 0.25) is 0 Å². The smallest absolute Gasteiger partial charge is 0.276 e. The van der Waals surface area contributed by atoms with Crippen molar-refractivity contribution in [1.29, 1.82) is 0 Å². The number of aryl methyl sites for hydroxylation is 2. The zero-order valence-electron chi connectivity index (χ0n) is 11.0. The Morgan fingerprint density at radius 1 is 1.50 bits per heavy atom. The molecule has 3 aromatic rings. The molecule has 0 atom stereocenters. The molecule has 0 saturated carbocycles. The summed E-state index contributed by atoms with van der Waals surface area (Å²) in [5.74, 6) is 1.03. The van der Waals surface area contributed by atoms with E-state index in [4.69, 9.17) is 4.42 Å². The van der Waals surface area contributed by atoms with E-state index in [0.717, 1.165) is 5.69 Å². The van der Waals surface area contributed by atoms with E-state index < -0.39 is 0 Å². The number of hydrogen-bond donors (Lipinski definition) is 1. The highest BCUT2D eigenvalue weighted by atomic mass is 32.1. The molecule has 0 bridgehead atoms. The normalized spacial score (nSPS) is 10.7. The zero-order valence-corrected chi connectivity index (χ0v) is 11.8. The molecule has 0 aliphatic carbocycles. The van der Waals surface area contributed by atoms with E-state index in [2.05, 4.69) is 15.4 Å². The predicted molar refractivity (Wildman–Crippen MR) is 75.7 cm³/mol. The summed E-state index contributed by atoms with van der Waals surface area (Å²) in [4.78, 5) is 16.4. The monoisotopic (exact) mass is 288 g/mol. The van der Waals surface area contributed by atoms with Gasteiger partial charge in [-0.25, -0.2) is 4.98 Å². The molecule has 0 aliphatic heterocycles. The third-order valence-electron chi connectivity index (χ3n) is 2.71. The number of carbonyl (C=O) groups is 1. The Hall–Kier alpha value is -2.41. The van der Waals surface area contributed by atoms with E-state index in [0.29, 0.717) is 22.3 Å². The maximum absolute atomic E-state index is 12.1. The molecule has 3 aromatic heterocycles. The minimum atomic E-state index is -0.262. The molecule has 0 aliphatic rings. The number of thiazole rings is 1. The fraction of sp³-hybridized carbons (Fsp3) is 0.154. The van der Waals surface area contributed by atoms with Gasteiger partial charge in [-0.2, -0.15) is 5.10 Å². The van der Waals surface area contributed by atoms with E-state index in [1.807, 2.05) is 13.0 Å². The van der Waals surface area contributed by atoms with Crippen molar-refractivity contribution in [1.82, 2.24) is 14.8 Å². The van der Waals surface area contributed by atoms with Gasteiger partial charge in [0.1, 0.15) is 11.5 Å². The molecule has 0 spiro atoms. The van der Waals surface area contributed by atoms with Crippen LogP contribution in [0.2, 0.25) is 0 Å². The maximum atomic E-state index is 12.1. The summed E-state index contributed by atoms with van der Waals surface area (Å²) in [5, 5.41) is 9.34. The standard InChI is InChI=1S/C13H12N4O2S/c1-8-6-11(17(2)16-8)15-12(18)9-7-20-13(14-9)10-4-3-5-19-10/h3-7H,1-2H3,(H,15,18). The molecule has 0 saturated heterocycles. The Balaban J connectivity index is 1.79.